The maximum atomic E-state index is 9.26. The molecule has 0 aliphatic heterocycles. The highest BCUT2D eigenvalue weighted by Crippen LogP contribution is 1.97. The predicted octanol–water partition coefficient (Wildman–Crippen LogP) is -0.306. The number of nitrogens with one attached hydrogen (secondary N) is 1. The van der Waals surface area contributed by atoms with Crippen LogP contribution in [0.2, 0.25) is 0 Å². The molecule has 3 heteroatoms. The zero-order valence-corrected chi connectivity index (χ0v) is 7.02. The first-order valence-corrected chi connectivity index (χ1v) is 3.61. The Morgan fingerprint density at radius 1 is 1.60 bits per heavy atom. The normalized spacial score (nSPS) is 15.3. The summed E-state index contributed by atoms with van der Waals surface area (Å²) in [5, 5.41) is 12.4. The first kappa shape index (κ1) is 9.88. The highest BCUT2D eigenvalue weighted by molar-refractivity contribution is 4.71. The lowest BCUT2D eigenvalue weighted by Gasteiger charge is -2.20. The lowest BCUT2D eigenvalue weighted by atomic mass is 10.1. The van der Waals surface area contributed by atoms with Crippen LogP contribution in [0.4, 0.5) is 0 Å². The van der Waals surface area contributed by atoms with E-state index in [-0.39, 0.29) is 6.04 Å². The Morgan fingerprint density at radius 3 is 2.40 bits per heavy atom. The van der Waals surface area contributed by atoms with Crippen molar-refractivity contribution in [2.45, 2.75) is 32.4 Å². The van der Waals surface area contributed by atoms with Gasteiger partial charge in [-0.05, 0) is 20.8 Å². The maximum Gasteiger partial charge on any atom is 0.0715 e. The third-order valence-electron chi connectivity index (χ3n) is 1.24. The van der Waals surface area contributed by atoms with Gasteiger partial charge in [-0.3, -0.25) is 0 Å². The van der Waals surface area contributed by atoms with Crippen LogP contribution in [0.1, 0.15) is 20.8 Å². The summed E-state index contributed by atoms with van der Waals surface area (Å²) in [6.45, 7) is 6.72. The minimum absolute atomic E-state index is 0.284. The van der Waals surface area contributed by atoms with Crippen LogP contribution < -0.4 is 11.1 Å². The first-order valence-electron chi connectivity index (χ1n) is 3.61. The zero-order valence-electron chi connectivity index (χ0n) is 7.02. The summed E-state index contributed by atoms with van der Waals surface area (Å²) in [4.78, 5) is 0. The van der Waals surface area contributed by atoms with Crippen LogP contribution in [0.15, 0.2) is 0 Å². The van der Waals surface area contributed by atoms with Gasteiger partial charge in [0.1, 0.15) is 0 Å². The molecular formula is C7H18N2O. The lowest BCUT2D eigenvalue weighted by molar-refractivity contribution is 0.0773. The minimum Gasteiger partial charge on any atom is -0.389 e. The molecule has 0 radical (unpaired) electrons. The molecule has 0 saturated heterocycles. The largest absolute Gasteiger partial charge is 0.389 e. The summed E-state index contributed by atoms with van der Waals surface area (Å²) in [7, 11) is 0. The van der Waals surface area contributed by atoms with Gasteiger partial charge in [-0.1, -0.05) is 0 Å². The number of rotatable bonds is 4. The summed E-state index contributed by atoms with van der Waals surface area (Å²) in [6.07, 6.45) is 0. The third kappa shape index (κ3) is 6.01. The van der Waals surface area contributed by atoms with Gasteiger partial charge in [-0.25, -0.2) is 0 Å². The van der Waals surface area contributed by atoms with Crippen LogP contribution >= 0.6 is 0 Å². The van der Waals surface area contributed by atoms with Gasteiger partial charge in [0.05, 0.1) is 5.60 Å². The summed E-state index contributed by atoms with van der Waals surface area (Å²) < 4.78 is 0. The molecule has 10 heavy (non-hydrogen) atoms. The molecule has 1 unspecified atom stereocenters. The molecule has 0 aromatic heterocycles. The van der Waals surface area contributed by atoms with E-state index in [0.717, 1.165) is 0 Å². The number of aliphatic hydroxyl groups is 1. The molecule has 1 atom stereocenters. The Kier molecular flexibility index (Phi) is 3.86. The van der Waals surface area contributed by atoms with Crippen molar-refractivity contribution >= 4 is 0 Å². The Labute approximate surface area is 62.6 Å². The van der Waals surface area contributed by atoms with Crippen molar-refractivity contribution in [3.63, 3.8) is 0 Å². The van der Waals surface area contributed by atoms with Gasteiger partial charge in [0, 0.05) is 19.1 Å². The summed E-state index contributed by atoms with van der Waals surface area (Å²) in [6, 6.07) is 0.284. The number of nitrogens with two attached hydrogens (primary N) is 1. The van der Waals surface area contributed by atoms with E-state index < -0.39 is 5.60 Å². The monoisotopic (exact) mass is 146 g/mol. The quantitative estimate of drug-likeness (QED) is 0.510. The molecule has 0 heterocycles. The lowest BCUT2D eigenvalue weighted by Crippen LogP contribution is -2.42. The maximum absolute atomic E-state index is 9.26. The van der Waals surface area contributed by atoms with Crippen molar-refractivity contribution in [1.29, 1.82) is 0 Å². The van der Waals surface area contributed by atoms with Crippen LogP contribution in [-0.2, 0) is 0 Å². The first-order chi connectivity index (χ1) is 4.45. The van der Waals surface area contributed by atoms with E-state index in [2.05, 4.69) is 5.32 Å². The predicted molar refractivity (Wildman–Crippen MR) is 42.8 cm³/mol. The van der Waals surface area contributed by atoms with Crippen LogP contribution in [0.3, 0.4) is 0 Å². The highest BCUT2D eigenvalue weighted by atomic mass is 16.3. The Bertz CT molecular complexity index is 88.1. The van der Waals surface area contributed by atoms with Crippen molar-refractivity contribution in [3.05, 3.63) is 0 Å². The Hall–Kier alpha value is -0.120. The second-order valence-electron chi connectivity index (χ2n) is 3.33. The second kappa shape index (κ2) is 3.91. The van der Waals surface area contributed by atoms with Crippen LogP contribution in [-0.4, -0.2) is 29.8 Å². The van der Waals surface area contributed by atoms with E-state index in [9.17, 15) is 5.11 Å². The standard InChI is InChI=1S/C7H18N2O/c1-6(4-8)9-5-7(2,3)10/h6,9-10H,4-5,8H2,1-3H3. The molecule has 0 aromatic carbocycles. The Morgan fingerprint density at radius 2 is 2.10 bits per heavy atom. The van der Waals surface area contributed by atoms with Gasteiger partial charge in [0.25, 0.3) is 0 Å². The SMILES string of the molecule is CC(CN)NCC(C)(C)O. The molecule has 0 aliphatic rings. The van der Waals surface area contributed by atoms with Crippen molar-refractivity contribution in [1.82, 2.24) is 5.32 Å². The molecule has 0 fully saturated rings. The van der Waals surface area contributed by atoms with E-state index in [1.165, 1.54) is 0 Å². The van der Waals surface area contributed by atoms with Gasteiger partial charge in [-0.2, -0.15) is 0 Å². The van der Waals surface area contributed by atoms with Crippen molar-refractivity contribution in [3.8, 4) is 0 Å². The van der Waals surface area contributed by atoms with Crippen LogP contribution in [0.25, 0.3) is 0 Å². The molecule has 62 valence electrons. The van der Waals surface area contributed by atoms with Crippen LogP contribution in [0, 0.1) is 0 Å². The minimum atomic E-state index is -0.635. The molecule has 0 aromatic rings. The summed E-state index contributed by atoms with van der Waals surface area (Å²) >= 11 is 0. The molecule has 3 nitrogen and oxygen atoms in total. The number of hydrogen-bond donors (Lipinski definition) is 3. The van der Waals surface area contributed by atoms with E-state index in [1.54, 1.807) is 13.8 Å². The van der Waals surface area contributed by atoms with E-state index in [0.29, 0.717) is 13.1 Å². The molecule has 0 saturated carbocycles. The van der Waals surface area contributed by atoms with Gasteiger partial charge in [0.2, 0.25) is 0 Å². The number of hydrogen-bond acceptors (Lipinski definition) is 3. The van der Waals surface area contributed by atoms with E-state index in [1.807, 2.05) is 6.92 Å². The van der Waals surface area contributed by atoms with E-state index >= 15 is 0 Å². The molecule has 0 amide bonds. The van der Waals surface area contributed by atoms with E-state index in [4.69, 9.17) is 5.73 Å². The molecule has 0 spiro atoms. The van der Waals surface area contributed by atoms with Gasteiger partial charge in [0.15, 0.2) is 0 Å². The molecule has 4 N–H and O–H groups in total. The fraction of sp³-hybridized carbons (Fsp3) is 1.00. The van der Waals surface area contributed by atoms with Gasteiger partial charge in [-0.15, -0.1) is 0 Å². The molecular weight excluding hydrogens is 128 g/mol. The third-order valence-corrected chi connectivity index (χ3v) is 1.24. The second-order valence-corrected chi connectivity index (χ2v) is 3.33. The fourth-order valence-corrected chi connectivity index (χ4v) is 0.507. The van der Waals surface area contributed by atoms with Gasteiger partial charge < -0.3 is 16.2 Å². The average Bonchev–Trinajstić information content (AvgIpc) is 1.81. The fourth-order valence-electron chi connectivity index (χ4n) is 0.507. The van der Waals surface area contributed by atoms with Crippen molar-refractivity contribution < 1.29 is 5.11 Å². The van der Waals surface area contributed by atoms with Crippen molar-refractivity contribution in [2.24, 2.45) is 5.73 Å². The Balaban J connectivity index is 3.36. The highest BCUT2D eigenvalue weighted by Gasteiger charge is 2.12. The summed E-state index contributed by atoms with van der Waals surface area (Å²) in [5.41, 5.74) is 4.72. The average molecular weight is 146 g/mol. The van der Waals surface area contributed by atoms with Gasteiger partial charge >= 0.3 is 0 Å². The smallest absolute Gasteiger partial charge is 0.0715 e. The molecule has 0 aliphatic carbocycles. The van der Waals surface area contributed by atoms with Crippen LogP contribution in [0.5, 0.6) is 0 Å². The molecule has 0 bridgehead atoms. The van der Waals surface area contributed by atoms with Crippen molar-refractivity contribution in [2.75, 3.05) is 13.1 Å². The summed E-state index contributed by atoms with van der Waals surface area (Å²) in [5.74, 6) is 0. The molecule has 0 rings (SSSR count). The topological polar surface area (TPSA) is 58.3 Å². The zero-order chi connectivity index (χ0) is 8.20.